The normalized spacial score (nSPS) is 18.7. The van der Waals surface area contributed by atoms with Crippen LogP contribution in [-0.2, 0) is 28.2 Å². The first-order chi connectivity index (χ1) is 14.9. The predicted molar refractivity (Wildman–Crippen MR) is 112 cm³/mol. The Morgan fingerprint density at radius 1 is 1.16 bits per heavy atom. The molecule has 12 heteroatoms. The number of carbonyl (C=O) groups is 2. The van der Waals surface area contributed by atoms with Crippen LogP contribution in [0.25, 0.3) is 10.2 Å². The molecule has 0 spiro atoms. The zero-order chi connectivity index (χ0) is 23.4. The van der Waals surface area contributed by atoms with Crippen LogP contribution in [0.15, 0.2) is 9.59 Å². The summed E-state index contributed by atoms with van der Waals surface area (Å²) in [6.45, 7) is 3.45. The van der Waals surface area contributed by atoms with Crippen molar-refractivity contribution in [2.24, 2.45) is 0 Å². The number of fused-ring (bicyclic) bond motifs is 1. The third-order valence-corrected chi connectivity index (χ3v) is 7.68. The van der Waals surface area contributed by atoms with Gasteiger partial charge in [-0.15, -0.1) is 11.3 Å². The number of halogens is 3. The summed E-state index contributed by atoms with van der Waals surface area (Å²) in [4.78, 5) is 52.5. The van der Waals surface area contributed by atoms with E-state index in [1.165, 1.54) is 4.90 Å². The summed E-state index contributed by atoms with van der Waals surface area (Å²) in [6, 6.07) is 0. The van der Waals surface area contributed by atoms with Gasteiger partial charge in [0.15, 0.2) is 0 Å². The first kappa shape index (κ1) is 22.6. The number of nitrogens with zero attached hydrogens (tertiary/aromatic N) is 3. The summed E-state index contributed by atoms with van der Waals surface area (Å²) in [5, 5.41) is 2.65. The lowest BCUT2D eigenvalue weighted by atomic mass is 9.78. The van der Waals surface area contributed by atoms with Gasteiger partial charge in [-0.3, -0.25) is 23.5 Å². The van der Waals surface area contributed by atoms with Crippen LogP contribution in [0.4, 0.5) is 13.2 Å². The van der Waals surface area contributed by atoms with Gasteiger partial charge in [0.25, 0.3) is 5.56 Å². The molecule has 1 aliphatic carbocycles. The Bertz CT molecular complexity index is 1220. The van der Waals surface area contributed by atoms with E-state index in [-0.39, 0.29) is 29.9 Å². The van der Waals surface area contributed by atoms with Crippen LogP contribution in [-0.4, -0.2) is 45.1 Å². The fourth-order valence-corrected chi connectivity index (χ4v) is 5.65. The van der Waals surface area contributed by atoms with Crippen molar-refractivity contribution in [2.45, 2.75) is 64.3 Å². The maximum absolute atomic E-state index is 13.4. The van der Waals surface area contributed by atoms with E-state index in [1.807, 2.05) is 0 Å². The minimum atomic E-state index is -4.46. The molecule has 1 N–H and O–H groups in total. The van der Waals surface area contributed by atoms with Crippen molar-refractivity contribution < 1.29 is 22.8 Å². The average molecular weight is 472 g/mol. The molecule has 0 atom stereocenters. The van der Waals surface area contributed by atoms with E-state index in [2.05, 4.69) is 5.32 Å². The Kier molecular flexibility index (Phi) is 5.46. The highest BCUT2D eigenvalue weighted by Crippen LogP contribution is 2.38. The van der Waals surface area contributed by atoms with Crippen LogP contribution in [0.5, 0.6) is 0 Å². The molecule has 2 aromatic heterocycles. The number of carbonyl (C=O) groups excluding carboxylic acids is 2. The van der Waals surface area contributed by atoms with Gasteiger partial charge in [0.1, 0.15) is 4.83 Å². The molecule has 2 fully saturated rings. The standard InChI is InChI=1S/C20H23F3N4O4S/c1-11-12(10-25-9-7-24-14(28)16(25)30)32-17-13(11)15(29)27(19(2)4-3-5-19)18(31)26(17)8-6-20(21,22)23/h3-10H2,1-2H3,(H,24,28). The number of amides is 2. The first-order valence-electron chi connectivity index (χ1n) is 10.3. The topological polar surface area (TPSA) is 93.4 Å². The van der Waals surface area contributed by atoms with E-state index < -0.39 is 47.7 Å². The minimum absolute atomic E-state index is 0.0433. The molecular formula is C20H23F3N4O4S. The van der Waals surface area contributed by atoms with E-state index in [0.717, 1.165) is 26.9 Å². The van der Waals surface area contributed by atoms with Gasteiger partial charge >= 0.3 is 23.7 Å². The quantitative estimate of drug-likeness (QED) is 0.673. The Hall–Kier alpha value is -2.63. The Morgan fingerprint density at radius 3 is 2.44 bits per heavy atom. The molecule has 0 aromatic carbocycles. The highest BCUT2D eigenvalue weighted by molar-refractivity contribution is 7.18. The lowest BCUT2D eigenvalue weighted by molar-refractivity contribution is -0.148. The molecule has 2 aromatic rings. The van der Waals surface area contributed by atoms with Crippen LogP contribution >= 0.6 is 11.3 Å². The van der Waals surface area contributed by atoms with Crippen LogP contribution in [0.2, 0.25) is 0 Å². The molecule has 32 heavy (non-hydrogen) atoms. The van der Waals surface area contributed by atoms with Crippen molar-refractivity contribution in [1.29, 1.82) is 0 Å². The molecule has 2 amide bonds. The zero-order valence-electron chi connectivity index (χ0n) is 17.7. The number of rotatable bonds is 5. The second kappa shape index (κ2) is 7.75. The number of piperazine rings is 1. The van der Waals surface area contributed by atoms with Gasteiger partial charge in [-0.25, -0.2) is 4.79 Å². The summed E-state index contributed by atoms with van der Waals surface area (Å²) >= 11 is 1.03. The monoisotopic (exact) mass is 472 g/mol. The molecule has 3 heterocycles. The van der Waals surface area contributed by atoms with Crippen molar-refractivity contribution in [3.8, 4) is 0 Å². The van der Waals surface area contributed by atoms with E-state index in [4.69, 9.17) is 0 Å². The fraction of sp³-hybridized carbons (Fsp3) is 0.600. The predicted octanol–water partition coefficient (Wildman–Crippen LogP) is 1.84. The summed E-state index contributed by atoms with van der Waals surface area (Å²) in [5.74, 6) is -1.43. The van der Waals surface area contributed by atoms with Gasteiger partial charge in [-0.2, -0.15) is 13.2 Å². The summed E-state index contributed by atoms with van der Waals surface area (Å²) in [6.07, 6.45) is -3.64. The van der Waals surface area contributed by atoms with Crippen molar-refractivity contribution in [1.82, 2.24) is 19.4 Å². The number of thiophene rings is 1. The van der Waals surface area contributed by atoms with E-state index in [9.17, 15) is 32.3 Å². The smallest absolute Gasteiger partial charge is 0.346 e. The summed E-state index contributed by atoms with van der Waals surface area (Å²) < 4.78 is 41.1. The van der Waals surface area contributed by atoms with Crippen molar-refractivity contribution >= 4 is 33.4 Å². The van der Waals surface area contributed by atoms with Gasteiger partial charge < -0.3 is 10.2 Å². The van der Waals surface area contributed by atoms with Gasteiger partial charge in [0.05, 0.1) is 18.4 Å². The Labute approximate surface area is 184 Å². The average Bonchev–Trinajstić information content (AvgIpc) is 2.99. The largest absolute Gasteiger partial charge is 0.390 e. The lowest BCUT2D eigenvalue weighted by Gasteiger charge is -2.39. The third-order valence-electron chi connectivity index (χ3n) is 6.38. The van der Waals surface area contributed by atoms with Gasteiger partial charge in [0, 0.05) is 30.1 Å². The molecule has 4 rings (SSSR count). The second-order valence-electron chi connectivity index (χ2n) is 8.60. The number of aryl methyl sites for hydroxylation is 2. The number of alkyl halides is 3. The van der Waals surface area contributed by atoms with E-state index in [1.54, 1.807) is 13.8 Å². The molecule has 174 valence electrons. The van der Waals surface area contributed by atoms with Crippen LogP contribution in [0.1, 0.15) is 43.0 Å². The molecule has 1 aliphatic heterocycles. The zero-order valence-corrected chi connectivity index (χ0v) is 18.5. The first-order valence-corrected chi connectivity index (χ1v) is 11.2. The van der Waals surface area contributed by atoms with Gasteiger partial charge in [-0.1, -0.05) is 0 Å². The SMILES string of the molecule is Cc1c(CN2CCNC(=O)C2=O)sc2c1c(=O)n(C1(C)CCC1)c(=O)n2CCC(F)(F)F. The molecule has 1 saturated heterocycles. The van der Waals surface area contributed by atoms with Crippen molar-refractivity contribution in [3.05, 3.63) is 31.3 Å². The second-order valence-corrected chi connectivity index (χ2v) is 9.69. The molecule has 8 nitrogen and oxygen atoms in total. The number of aromatic nitrogens is 2. The fourth-order valence-electron chi connectivity index (χ4n) is 4.32. The van der Waals surface area contributed by atoms with Crippen molar-refractivity contribution in [2.75, 3.05) is 13.1 Å². The summed E-state index contributed by atoms with van der Waals surface area (Å²) in [5.41, 5.74) is -1.46. The molecule has 2 aliphatic rings. The lowest BCUT2D eigenvalue weighted by Crippen LogP contribution is -2.53. The molecular weight excluding hydrogens is 449 g/mol. The number of hydrogen-bond donors (Lipinski definition) is 1. The van der Waals surface area contributed by atoms with Crippen LogP contribution < -0.4 is 16.6 Å². The van der Waals surface area contributed by atoms with Gasteiger partial charge in [-0.05, 0) is 38.7 Å². The molecule has 1 saturated carbocycles. The number of nitrogens with one attached hydrogen (secondary N) is 1. The third kappa shape index (κ3) is 3.74. The Morgan fingerprint density at radius 2 is 1.84 bits per heavy atom. The molecule has 0 unspecified atom stereocenters. The van der Waals surface area contributed by atoms with Crippen LogP contribution in [0, 0.1) is 6.92 Å². The summed E-state index contributed by atoms with van der Waals surface area (Å²) in [7, 11) is 0. The van der Waals surface area contributed by atoms with E-state index in [0.29, 0.717) is 23.3 Å². The number of hydrogen-bond acceptors (Lipinski definition) is 5. The van der Waals surface area contributed by atoms with E-state index >= 15 is 0 Å². The minimum Gasteiger partial charge on any atom is -0.346 e. The highest BCUT2D eigenvalue weighted by Gasteiger charge is 2.38. The van der Waals surface area contributed by atoms with Gasteiger partial charge in [0.2, 0.25) is 0 Å². The Balaban J connectivity index is 1.87. The maximum atomic E-state index is 13.4. The highest BCUT2D eigenvalue weighted by atomic mass is 32.1. The molecule has 0 radical (unpaired) electrons. The molecule has 0 bridgehead atoms. The van der Waals surface area contributed by atoms with Crippen LogP contribution in [0.3, 0.4) is 0 Å². The maximum Gasteiger partial charge on any atom is 0.390 e. The van der Waals surface area contributed by atoms with Crippen molar-refractivity contribution in [3.63, 3.8) is 0 Å².